The van der Waals surface area contributed by atoms with Crippen molar-refractivity contribution in [1.82, 2.24) is 10.3 Å². The van der Waals surface area contributed by atoms with Crippen molar-refractivity contribution in [2.75, 3.05) is 11.6 Å². The summed E-state index contributed by atoms with van der Waals surface area (Å²) in [6.45, 7) is 2.51. The smallest absolute Gasteiger partial charge is 0.127 e. The Bertz CT molecular complexity index is 470. The third-order valence-corrected chi connectivity index (χ3v) is 3.10. The molecule has 0 amide bonds. The number of aromatic nitrogens is 2. The van der Waals surface area contributed by atoms with E-state index in [1.54, 1.807) is 11.8 Å². The minimum absolute atomic E-state index is 0.632. The second-order valence-corrected chi connectivity index (χ2v) is 4.20. The second-order valence-electron chi connectivity index (χ2n) is 3.35. The van der Waals surface area contributed by atoms with E-state index < -0.39 is 0 Å². The molecule has 0 saturated heterocycles. The molecule has 1 heterocycles. The predicted molar refractivity (Wildman–Crippen MR) is 64.6 cm³/mol. The van der Waals surface area contributed by atoms with Crippen LogP contribution in [0.15, 0.2) is 33.8 Å². The third-order valence-electron chi connectivity index (χ3n) is 2.30. The monoisotopic (exact) mass is 235 g/mol. The van der Waals surface area contributed by atoms with Crippen LogP contribution in [-0.2, 0) is 6.54 Å². The number of nitrogens with zero attached hydrogens (tertiary/aromatic N) is 2. The summed E-state index contributed by atoms with van der Waals surface area (Å²) in [5.74, 6) is 0. The summed E-state index contributed by atoms with van der Waals surface area (Å²) >= 11 is 1.71. The molecule has 0 spiro atoms. The lowest BCUT2D eigenvalue weighted by Gasteiger charge is -2.08. The zero-order valence-corrected chi connectivity index (χ0v) is 10.0. The molecule has 0 radical (unpaired) electrons. The van der Waals surface area contributed by atoms with Crippen LogP contribution in [0, 0.1) is 6.92 Å². The average molecular weight is 235 g/mol. The van der Waals surface area contributed by atoms with E-state index in [4.69, 9.17) is 0 Å². The molecule has 1 aromatic heterocycles. The van der Waals surface area contributed by atoms with Gasteiger partial charge in [0.1, 0.15) is 11.4 Å². The number of rotatable bonds is 4. The molecule has 84 valence electrons. The highest BCUT2D eigenvalue weighted by Crippen LogP contribution is 2.24. The van der Waals surface area contributed by atoms with Crippen molar-refractivity contribution >= 4 is 17.4 Å². The van der Waals surface area contributed by atoms with Gasteiger partial charge in [0.15, 0.2) is 0 Å². The summed E-state index contributed by atoms with van der Waals surface area (Å²) in [6, 6.07) is 8.17. The van der Waals surface area contributed by atoms with Crippen molar-refractivity contribution in [1.29, 1.82) is 0 Å². The predicted octanol–water partition coefficient (Wildman–Crippen LogP) is 2.71. The van der Waals surface area contributed by atoms with Crippen molar-refractivity contribution in [3.8, 4) is 0 Å². The molecule has 1 aromatic carbocycles. The van der Waals surface area contributed by atoms with Gasteiger partial charge in [-0.05, 0) is 25.3 Å². The molecule has 0 unspecified atom stereocenters. The molecule has 0 atom stereocenters. The van der Waals surface area contributed by atoms with E-state index in [1.165, 1.54) is 4.90 Å². The first-order valence-electron chi connectivity index (χ1n) is 4.96. The van der Waals surface area contributed by atoms with Crippen molar-refractivity contribution in [2.24, 2.45) is 0 Å². The van der Waals surface area contributed by atoms with Crippen molar-refractivity contribution in [3.05, 3.63) is 35.7 Å². The number of hydrogen-bond acceptors (Lipinski definition) is 5. The highest BCUT2D eigenvalue weighted by molar-refractivity contribution is 7.98. The van der Waals surface area contributed by atoms with Gasteiger partial charge in [0, 0.05) is 10.6 Å². The number of benzene rings is 1. The molecule has 0 bridgehead atoms. The molecular weight excluding hydrogens is 222 g/mol. The van der Waals surface area contributed by atoms with Crippen LogP contribution in [0.4, 0.5) is 5.69 Å². The standard InChI is InChI=1S/C11H13N3OS/c1-8-10(14-15-13-8)7-12-9-5-3-4-6-11(9)16-2/h3-6,12H,7H2,1-2H3. The first kappa shape index (κ1) is 11.0. The lowest BCUT2D eigenvalue weighted by Crippen LogP contribution is -2.02. The summed E-state index contributed by atoms with van der Waals surface area (Å²) in [6.07, 6.45) is 2.06. The number of thioether (sulfide) groups is 1. The van der Waals surface area contributed by atoms with Gasteiger partial charge in [-0.15, -0.1) is 11.8 Å². The largest absolute Gasteiger partial charge is 0.378 e. The van der Waals surface area contributed by atoms with Gasteiger partial charge in [-0.1, -0.05) is 22.4 Å². The van der Waals surface area contributed by atoms with Gasteiger partial charge in [0.05, 0.1) is 6.54 Å². The van der Waals surface area contributed by atoms with Crippen molar-refractivity contribution < 1.29 is 4.63 Å². The van der Waals surface area contributed by atoms with E-state index in [2.05, 4.69) is 38.6 Å². The van der Waals surface area contributed by atoms with E-state index >= 15 is 0 Å². The average Bonchev–Trinajstić information content (AvgIpc) is 2.72. The van der Waals surface area contributed by atoms with Gasteiger partial charge in [-0.2, -0.15) is 0 Å². The first-order chi connectivity index (χ1) is 7.81. The molecule has 1 N–H and O–H groups in total. The van der Waals surface area contributed by atoms with Crippen LogP contribution >= 0.6 is 11.8 Å². The van der Waals surface area contributed by atoms with Gasteiger partial charge in [0.2, 0.25) is 0 Å². The number of aryl methyl sites for hydroxylation is 1. The zero-order chi connectivity index (χ0) is 11.4. The van der Waals surface area contributed by atoms with Crippen LogP contribution < -0.4 is 5.32 Å². The topological polar surface area (TPSA) is 51.0 Å². The number of para-hydroxylation sites is 1. The molecule has 2 aromatic rings. The summed E-state index contributed by atoms with van der Waals surface area (Å²) in [5.41, 5.74) is 2.78. The van der Waals surface area contributed by atoms with E-state index in [1.807, 2.05) is 19.1 Å². The molecule has 16 heavy (non-hydrogen) atoms. The fraction of sp³-hybridized carbons (Fsp3) is 0.273. The van der Waals surface area contributed by atoms with E-state index in [9.17, 15) is 0 Å². The Labute approximate surface area is 98.4 Å². The maximum Gasteiger partial charge on any atom is 0.127 e. The summed E-state index contributed by atoms with van der Waals surface area (Å²) in [7, 11) is 0. The molecule has 2 rings (SSSR count). The Morgan fingerprint density at radius 1 is 1.31 bits per heavy atom. The quantitative estimate of drug-likeness (QED) is 0.826. The van der Waals surface area contributed by atoms with Crippen LogP contribution in [0.5, 0.6) is 0 Å². The highest BCUT2D eigenvalue weighted by Gasteiger charge is 2.05. The van der Waals surface area contributed by atoms with Gasteiger partial charge >= 0.3 is 0 Å². The van der Waals surface area contributed by atoms with Gasteiger partial charge in [-0.25, -0.2) is 4.63 Å². The second kappa shape index (κ2) is 5.03. The van der Waals surface area contributed by atoms with E-state index in [0.717, 1.165) is 17.1 Å². The highest BCUT2D eigenvalue weighted by atomic mass is 32.2. The van der Waals surface area contributed by atoms with Crippen LogP contribution in [0.1, 0.15) is 11.4 Å². The van der Waals surface area contributed by atoms with Gasteiger partial charge in [0.25, 0.3) is 0 Å². The molecule has 0 fully saturated rings. The fourth-order valence-electron chi connectivity index (χ4n) is 1.38. The normalized spacial score (nSPS) is 10.4. The Morgan fingerprint density at radius 2 is 2.12 bits per heavy atom. The minimum Gasteiger partial charge on any atom is -0.378 e. The Morgan fingerprint density at radius 3 is 2.81 bits per heavy atom. The van der Waals surface area contributed by atoms with Crippen LogP contribution in [0.25, 0.3) is 0 Å². The van der Waals surface area contributed by atoms with Crippen molar-refractivity contribution in [3.63, 3.8) is 0 Å². The molecule has 0 saturated carbocycles. The van der Waals surface area contributed by atoms with E-state index in [-0.39, 0.29) is 0 Å². The fourth-order valence-corrected chi connectivity index (χ4v) is 1.95. The SMILES string of the molecule is CSc1ccccc1NCc1nonc1C. The molecule has 0 aliphatic carbocycles. The summed E-state index contributed by atoms with van der Waals surface area (Å²) < 4.78 is 4.65. The minimum atomic E-state index is 0.632. The Hall–Kier alpha value is -1.49. The lowest BCUT2D eigenvalue weighted by molar-refractivity contribution is 0.301. The van der Waals surface area contributed by atoms with Gasteiger partial charge in [-0.3, -0.25) is 0 Å². The molecule has 0 aliphatic heterocycles. The number of nitrogens with one attached hydrogen (secondary N) is 1. The maximum atomic E-state index is 4.65. The summed E-state index contributed by atoms with van der Waals surface area (Å²) in [5, 5.41) is 10.9. The summed E-state index contributed by atoms with van der Waals surface area (Å²) in [4.78, 5) is 1.22. The Balaban J connectivity index is 2.07. The first-order valence-corrected chi connectivity index (χ1v) is 6.18. The maximum absolute atomic E-state index is 4.65. The number of hydrogen-bond donors (Lipinski definition) is 1. The number of anilines is 1. The molecular formula is C11H13N3OS. The van der Waals surface area contributed by atoms with Crippen LogP contribution in [0.2, 0.25) is 0 Å². The van der Waals surface area contributed by atoms with E-state index in [0.29, 0.717) is 6.54 Å². The lowest BCUT2D eigenvalue weighted by atomic mass is 10.3. The molecule has 5 heteroatoms. The zero-order valence-electron chi connectivity index (χ0n) is 9.23. The molecule has 0 aliphatic rings. The Kier molecular flexibility index (Phi) is 3.46. The van der Waals surface area contributed by atoms with Crippen LogP contribution in [-0.4, -0.2) is 16.6 Å². The third kappa shape index (κ3) is 2.36. The molecule has 4 nitrogen and oxygen atoms in total. The van der Waals surface area contributed by atoms with Crippen LogP contribution in [0.3, 0.4) is 0 Å². The van der Waals surface area contributed by atoms with Crippen molar-refractivity contribution in [2.45, 2.75) is 18.4 Å². The van der Waals surface area contributed by atoms with Gasteiger partial charge < -0.3 is 5.32 Å².